The van der Waals surface area contributed by atoms with Crippen LogP contribution in [0.2, 0.25) is 0 Å². The first-order chi connectivity index (χ1) is 8.04. The lowest BCUT2D eigenvalue weighted by molar-refractivity contribution is -0.119. The molecule has 1 aromatic rings. The highest BCUT2D eigenvalue weighted by atomic mass is 16.2. The van der Waals surface area contributed by atoms with Gasteiger partial charge in [0.05, 0.1) is 12.5 Å². The van der Waals surface area contributed by atoms with E-state index in [1.807, 2.05) is 18.2 Å². The van der Waals surface area contributed by atoms with Crippen LogP contribution in [0.25, 0.3) is 0 Å². The Morgan fingerprint density at radius 1 is 1.47 bits per heavy atom. The molecule has 0 aromatic heterocycles. The van der Waals surface area contributed by atoms with Crippen LogP contribution in [0, 0.1) is 0 Å². The second kappa shape index (κ2) is 4.30. The van der Waals surface area contributed by atoms with Gasteiger partial charge in [-0.05, 0) is 31.2 Å². The van der Waals surface area contributed by atoms with E-state index in [1.165, 1.54) is 0 Å². The summed E-state index contributed by atoms with van der Waals surface area (Å²) in [5, 5.41) is 2.98. The Morgan fingerprint density at radius 2 is 2.18 bits per heavy atom. The number of ketones is 1. The highest BCUT2D eigenvalue weighted by Gasteiger charge is 2.25. The number of hydrogen-bond donors (Lipinski definition) is 1. The minimum atomic E-state index is -0.290. The summed E-state index contributed by atoms with van der Waals surface area (Å²) in [5.41, 5.74) is 2.86. The maximum Gasteiger partial charge on any atom is 0.231 e. The van der Waals surface area contributed by atoms with E-state index >= 15 is 0 Å². The van der Waals surface area contributed by atoms with E-state index in [0.717, 1.165) is 16.8 Å². The number of amides is 1. The quantitative estimate of drug-likeness (QED) is 0.847. The molecular formula is C13H16N2O2. The van der Waals surface area contributed by atoms with E-state index in [0.29, 0.717) is 6.42 Å². The standard InChI is InChI=1S/C13H16N2O2/c1-8(16)13(14-2)9-4-5-11-10(6-9)7-12(17)15(11)3/h4-6,13-14H,7H2,1-3H3. The van der Waals surface area contributed by atoms with Crippen LogP contribution in [0.15, 0.2) is 18.2 Å². The van der Waals surface area contributed by atoms with Gasteiger partial charge in [0, 0.05) is 12.7 Å². The largest absolute Gasteiger partial charge is 0.315 e. The molecule has 0 saturated heterocycles. The van der Waals surface area contributed by atoms with Crippen molar-refractivity contribution in [2.24, 2.45) is 0 Å². The molecule has 90 valence electrons. The number of nitrogens with one attached hydrogen (secondary N) is 1. The summed E-state index contributed by atoms with van der Waals surface area (Å²) < 4.78 is 0. The van der Waals surface area contributed by atoms with E-state index < -0.39 is 0 Å². The maximum atomic E-state index is 11.6. The first-order valence-corrected chi connectivity index (χ1v) is 5.61. The van der Waals surface area contributed by atoms with Crippen LogP contribution in [-0.4, -0.2) is 25.8 Å². The van der Waals surface area contributed by atoms with Crippen molar-refractivity contribution in [3.05, 3.63) is 29.3 Å². The smallest absolute Gasteiger partial charge is 0.231 e. The van der Waals surface area contributed by atoms with Crippen molar-refractivity contribution in [1.29, 1.82) is 0 Å². The maximum absolute atomic E-state index is 11.6. The summed E-state index contributed by atoms with van der Waals surface area (Å²) in [6.45, 7) is 1.56. The van der Waals surface area contributed by atoms with Crippen LogP contribution in [0.5, 0.6) is 0 Å². The molecule has 1 heterocycles. The highest BCUT2D eigenvalue weighted by Crippen LogP contribution is 2.30. The fourth-order valence-electron chi connectivity index (χ4n) is 2.27. The number of benzene rings is 1. The van der Waals surface area contributed by atoms with Gasteiger partial charge in [0.25, 0.3) is 0 Å². The molecule has 0 radical (unpaired) electrons. The molecule has 0 aliphatic carbocycles. The Balaban J connectivity index is 2.39. The Hall–Kier alpha value is -1.68. The summed E-state index contributed by atoms with van der Waals surface area (Å²) in [5.74, 6) is 0.172. The molecule has 1 aromatic carbocycles. The number of hydrogen-bond acceptors (Lipinski definition) is 3. The monoisotopic (exact) mass is 232 g/mol. The van der Waals surface area contributed by atoms with Crippen molar-refractivity contribution in [2.75, 3.05) is 19.0 Å². The fourth-order valence-corrected chi connectivity index (χ4v) is 2.27. The molecule has 2 rings (SSSR count). The Kier molecular flexibility index (Phi) is 2.98. The molecule has 1 atom stereocenters. The van der Waals surface area contributed by atoms with Crippen molar-refractivity contribution in [1.82, 2.24) is 5.32 Å². The Morgan fingerprint density at radius 3 is 2.76 bits per heavy atom. The predicted molar refractivity (Wildman–Crippen MR) is 66.0 cm³/mol. The van der Waals surface area contributed by atoms with Crippen molar-refractivity contribution in [3.8, 4) is 0 Å². The zero-order valence-corrected chi connectivity index (χ0v) is 10.3. The lowest BCUT2D eigenvalue weighted by atomic mass is 10.00. The predicted octanol–water partition coefficient (Wildman–Crippen LogP) is 1.05. The molecular weight excluding hydrogens is 216 g/mol. The molecule has 4 heteroatoms. The second-order valence-corrected chi connectivity index (χ2v) is 4.35. The molecule has 0 bridgehead atoms. The molecule has 1 aliphatic heterocycles. The third kappa shape index (κ3) is 1.96. The van der Waals surface area contributed by atoms with Crippen LogP contribution in [-0.2, 0) is 16.0 Å². The van der Waals surface area contributed by atoms with Crippen LogP contribution in [0.4, 0.5) is 5.69 Å². The summed E-state index contributed by atoms with van der Waals surface area (Å²) in [4.78, 5) is 24.7. The first kappa shape index (κ1) is 11.8. The van der Waals surface area contributed by atoms with Gasteiger partial charge in [-0.1, -0.05) is 12.1 Å². The van der Waals surface area contributed by atoms with E-state index in [9.17, 15) is 9.59 Å². The van der Waals surface area contributed by atoms with Gasteiger partial charge in [0.1, 0.15) is 0 Å². The van der Waals surface area contributed by atoms with Crippen LogP contribution in [0.3, 0.4) is 0 Å². The Bertz CT molecular complexity index is 482. The van der Waals surface area contributed by atoms with Gasteiger partial charge in [-0.15, -0.1) is 0 Å². The summed E-state index contributed by atoms with van der Waals surface area (Å²) in [6.07, 6.45) is 0.425. The van der Waals surface area contributed by atoms with E-state index in [4.69, 9.17) is 0 Å². The van der Waals surface area contributed by atoms with Crippen molar-refractivity contribution >= 4 is 17.4 Å². The fraction of sp³-hybridized carbons (Fsp3) is 0.385. The van der Waals surface area contributed by atoms with Crippen molar-refractivity contribution in [3.63, 3.8) is 0 Å². The normalized spacial score (nSPS) is 15.9. The molecule has 0 spiro atoms. The number of carbonyl (C=O) groups is 2. The van der Waals surface area contributed by atoms with Gasteiger partial charge in [-0.3, -0.25) is 9.59 Å². The number of nitrogens with zero attached hydrogens (tertiary/aromatic N) is 1. The van der Waals surface area contributed by atoms with Crippen LogP contribution < -0.4 is 10.2 Å². The molecule has 1 aliphatic rings. The van der Waals surface area contributed by atoms with Gasteiger partial charge in [-0.2, -0.15) is 0 Å². The zero-order valence-electron chi connectivity index (χ0n) is 10.3. The molecule has 0 saturated carbocycles. The number of anilines is 1. The van der Waals surface area contributed by atoms with E-state index in [-0.39, 0.29) is 17.7 Å². The van der Waals surface area contributed by atoms with Gasteiger partial charge in [0.15, 0.2) is 5.78 Å². The first-order valence-electron chi connectivity index (χ1n) is 5.61. The molecule has 1 unspecified atom stereocenters. The number of fused-ring (bicyclic) bond motifs is 1. The van der Waals surface area contributed by atoms with Crippen molar-refractivity contribution in [2.45, 2.75) is 19.4 Å². The van der Waals surface area contributed by atoms with Crippen LogP contribution >= 0.6 is 0 Å². The van der Waals surface area contributed by atoms with Gasteiger partial charge in [0.2, 0.25) is 5.91 Å². The zero-order chi connectivity index (χ0) is 12.6. The highest BCUT2D eigenvalue weighted by molar-refractivity contribution is 6.01. The minimum Gasteiger partial charge on any atom is -0.315 e. The SMILES string of the molecule is CNC(C(C)=O)c1ccc2c(c1)CC(=O)N2C. The average molecular weight is 232 g/mol. The topological polar surface area (TPSA) is 49.4 Å². The van der Waals surface area contributed by atoms with Gasteiger partial charge >= 0.3 is 0 Å². The third-order valence-corrected chi connectivity index (χ3v) is 3.21. The lowest BCUT2D eigenvalue weighted by Crippen LogP contribution is -2.23. The number of rotatable bonds is 3. The van der Waals surface area contributed by atoms with Gasteiger partial charge < -0.3 is 10.2 Å². The summed E-state index contributed by atoms with van der Waals surface area (Å²) >= 11 is 0. The van der Waals surface area contributed by atoms with Gasteiger partial charge in [-0.25, -0.2) is 0 Å². The average Bonchev–Trinajstić information content (AvgIpc) is 2.55. The molecule has 1 amide bonds. The third-order valence-electron chi connectivity index (χ3n) is 3.21. The second-order valence-electron chi connectivity index (χ2n) is 4.35. The molecule has 0 fully saturated rings. The van der Waals surface area contributed by atoms with Crippen LogP contribution in [0.1, 0.15) is 24.1 Å². The molecule has 4 nitrogen and oxygen atoms in total. The van der Waals surface area contributed by atoms with E-state index in [2.05, 4.69) is 5.32 Å². The number of carbonyl (C=O) groups excluding carboxylic acids is 2. The van der Waals surface area contributed by atoms with Crippen molar-refractivity contribution < 1.29 is 9.59 Å². The summed E-state index contributed by atoms with van der Waals surface area (Å²) in [7, 11) is 3.53. The Labute approximate surface area is 101 Å². The van der Waals surface area contributed by atoms with E-state index in [1.54, 1.807) is 25.9 Å². The number of Topliss-reactive ketones (excluding diaryl/α,β-unsaturated/α-hetero) is 1. The molecule has 17 heavy (non-hydrogen) atoms. The minimum absolute atomic E-state index is 0.0742. The summed E-state index contributed by atoms with van der Waals surface area (Å²) in [6, 6.07) is 5.46. The number of likely N-dealkylation sites (N-methyl/N-ethyl adjacent to an activating group) is 2. The molecule has 1 N–H and O–H groups in total. The lowest BCUT2D eigenvalue weighted by Gasteiger charge is -2.15.